The van der Waals surface area contributed by atoms with E-state index in [0.717, 1.165) is 29.1 Å². The van der Waals surface area contributed by atoms with Gasteiger partial charge in [-0.1, -0.05) is 6.07 Å². The van der Waals surface area contributed by atoms with Gasteiger partial charge in [0.1, 0.15) is 6.61 Å². The van der Waals surface area contributed by atoms with E-state index in [2.05, 4.69) is 17.0 Å². The number of allylic oxidation sites excluding steroid dienone is 1. The summed E-state index contributed by atoms with van der Waals surface area (Å²) in [6.45, 7) is 6.58. The summed E-state index contributed by atoms with van der Waals surface area (Å²) in [5.41, 5.74) is 10.1. The molecule has 0 aliphatic carbocycles. The number of hydrogen-bond acceptors (Lipinski definition) is 8. The molecule has 0 spiro atoms. The fourth-order valence-electron chi connectivity index (χ4n) is 4.81. The zero-order valence-corrected chi connectivity index (χ0v) is 21.5. The van der Waals surface area contributed by atoms with Crippen LogP contribution >= 0.6 is 0 Å². The minimum Gasteiger partial charge on any atom is -0.495 e. The highest BCUT2D eigenvalue weighted by atomic mass is 16.5. The van der Waals surface area contributed by atoms with Crippen molar-refractivity contribution >= 4 is 5.69 Å². The highest BCUT2D eigenvalue weighted by molar-refractivity contribution is 5.62. The predicted octanol–water partition coefficient (Wildman–Crippen LogP) is 4.59. The van der Waals surface area contributed by atoms with Crippen molar-refractivity contribution in [2.75, 3.05) is 52.2 Å². The van der Waals surface area contributed by atoms with Crippen molar-refractivity contribution in [2.24, 2.45) is 5.73 Å². The van der Waals surface area contributed by atoms with E-state index < -0.39 is 0 Å². The molecule has 8 heteroatoms. The summed E-state index contributed by atoms with van der Waals surface area (Å²) < 4.78 is 34.5. The fraction of sp³-hybridized carbons (Fsp3) is 0.429. The number of anilines is 1. The van der Waals surface area contributed by atoms with Crippen molar-refractivity contribution in [1.82, 2.24) is 0 Å². The largest absolute Gasteiger partial charge is 0.495 e. The molecule has 1 fully saturated rings. The van der Waals surface area contributed by atoms with Gasteiger partial charge < -0.3 is 39.1 Å². The molecule has 2 N–H and O–H groups in total. The monoisotopic (exact) mass is 496 g/mol. The SMILES string of the molecule is CCOc1cc(C2COCCC2N(C2=C(N)C=COC2)c2ccc(OC)c(OCC)c2)ccc1OC. The Hall–Kier alpha value is -3.52. The summed E-state index contributed by atoms with van der Waals surface area (Å²) in [7, 11) is 3.29. The molecule has 2 atom stereocenters. The van der Waals surface area contributed by atoms with Crippen LogP contribution in [0.5, 0.6) is 23.0 Å². The van der Waals surface area contributed by atoms with Crippen molar-refractivity contribution in [3.05, 3.63) is 65.7 Å². The van der Waals surface area contributed by atoms with Crippen molar-refractivity contribution < 1.29 is 28.4 Å². The van der Waals surface area contributed by atoms with Crippen LogP contribution in [-0.2, 0) is 9.47 Å². The molecular formula is C28H36N2O6. The quantitative estimate of drug-likeness (QED) is 0.511. The van der Waals surface area contributed by atoms with E-state index in [0.29, 0.717) is 56.0 Å². The third kappa shape index (κ3) is 5.33. The normalized spacial score (nSPS) is 19.4. The molecule has 8 nitrogen and oxygen atoms in total. The first-order chi connectivity index (χ1) is 17.6. The maximum Gasteiger partial charge on any atom is 0.163 e. The summed E-state index contributed by atoms with van der Waals surface area (Å²) >= 11 is 0. The molecule has 1 saturated heterocycles. The third-order valence-corrected chi connectivity index (χ3v) is 6.48. The van der Waals surface area contributed by atoms with E-state index in [-0.39, 0.29) is 12.0 Å². The van der Waals surface area contributed by atoms with Gasteiger partial charge in [-0.3, -0.25) is 0 Å². The first-order valence-electron chi connectivity index (χ1n) is 12.4. The smallest absolute Gasteiger partial charge is 0.163 e. The summed E-state index contributed by atoms with van der Waals surface area (Å²) in [6, 6.07) is 12.1. The van der Waals surface area contributed by atoms with E-state index in [9.17, 15) is 0 Å². The van der Waals surface area contributed by atoms with Crippen LogP contribution in [0.4, 0.5) is 5.69 Å². The van der Waals surface area contributed by atoms with E-state index in [1.807, 2.05) is 38.1 Å². The Morgan fingerprint density at radius 2 is 1.64 bits per heavy atom. The lowest BCUT2D eigenvalue weighted by molar-refractivity contribution is 0.0673. The van der Waals surface area contributed by atoms with Gasteiger partial charge in [-0.05, 0) is 56.2 Å². The molecule has 2 aliphatic heterocycles. The minimum atomic E-state index is 0.0488. The van der Waals surface area contributed by atoms with Gasteiger partial charge >= 0.3 is 0 Å². The Bertz CT molecular complexity index is 1100. The molecular weight excluding hydrogens is 460 g/mol. The molecule has 2 heterocycles. The van der Waals surface area contributed by atoms with Crippen LogP contribution in [0.1, 0.15) is 31.7 Å². The lowest BCUT2D eigenvalue weighted by Crippen LogP contribution is -2.46. The van der Waals surface area contributed by atoms with Crippen molar-refractivity contribution in [1.29, 1.82) is 0 Å². The Labute approximate surface area is 213 Å². The highest BCUT2D eigenvalue weighted by Crippen LogP contribution is 2.41. The Kier molecular flexibility index (Phi) is 8.48. The van der Waals surface area contributed by atoms with Crippen LogP contribution in [0.3, 0.4) is 0 Å². The summed E-state index contributed by atoms with van der Waals surface area (Å²) in [5.74, 6) is 2.84. The summed E-state index contributed by atoms with van der Waals surface area (Å²) in [5, 5.41) is 0. The lowest BCUT2D eigenvalue weighted by Gasteiger charge is -2.43. The Morgan fingerprint density at radius 3 is 2.31 bits per heavy atom. The molecule has 4 rings (SSSR count). The number of ether oxygens (including phenoxy) is 6. The second kappa shape index (κ2) is 11.9. The van der Waals surface area contributed by atoms with Gasteiger partial charge in [0.2, 0.25) is 0 Å². The molecule has 2 aromatic carbocycles. The third-order valence-electron chi connectivity index (χ3n) is 6.48. The number of nitrogens with zero attached hydrogens (tertiary/aromatic N) is 1. The van der Waals surface area contributed by atoms with Gasteiger partial charge in [0.25, 0.3) is 0 Å². The second-order valence-corrected chi connectivity index (χ2v) is 8.53. The second-order valence-electron chi connectivity index (χ2n) is 8.53. The van der Waals surface area contributed by atoms with Gasteiger partial charge in [-0.25, -0.2) is 0 Å². The average molecular weight is 497 g/mol. The lowest BCUT2D eigenvalue weighted by atomic mass is 9.86. The molecule has 2 unspecified atom stereocenters. The molecule has 194 valence electrons. The van der Waals surface area contributed by atoms with E-state index in [1.54, 1.807) is 26.6 Å². The zero-order chi connectivity index (χ0) is 25.5. The Balaban J connectivity index is 1.81. The average Bonchev–Trinajstić information content (AvgIpc) is 2.91. The molecule has 36 heavy (non-hydrogen) atoms. The van der Waals surface area contributed by atoms with Gasteiger partial charge in [0.05, 0.1) is 51.7 Å². The number of nitrogens with two attached hydrogens (primary N) is 1. The first-order valence-corrected chi connectivity index (χ1v) is 12.4. The Morgan fingerprint density at radius 1 is 0.944 bits per heavy atom. The standard InChI is InChI=1S/C28H36N2O6/c1-5-35-27-15-19(7-9-25(27)31-3)21-17-33-14-12-23(21)30(24-18-34-13-11-22(24)29)20-8-10-26(32-4)28(16-20)36-6-2/h7-11,13,15-16,21,23H,5-6,12,14,17-18,29H2,1-4H3. The number of rotatable bonds is 10. The van der Waals surface area contributed by atoms with Crippen LogP contribution in [0, 0.1) is 0 Å². The van der Waals surface area contributed by atoms with Gasteiger partial charge in [-0.2, -0.15) is 0 Å². The van der Waals surface area contributed by atoms with Crippen LogP contribution in [0.2, 0.25) is 0 Å². The topological polar surface area (TPSA) is 84.6 Å². The van der Waals surface area contributed by atoms with Gasteiger partial charge in [-0.15, -0.1) is 0 Å². The molecule has 2 aliphatic rings. The first kappa shape index (κ1) is 25.6. The summed E-state index contributed by atoms with van der Waals surface area (Å²) in [6.07, 6.45) is 4.24. The van der Waals surface area contributed by atoms with E-state index >= 15 is 0 Å². The number of methoxy groups -OCH3 is 2. The molecule has 0 bridgehead atoms. The van der Waals surface area contributed by atoms with Crippen LogP contribution in [0.15, 0.2) is 60.1 Å². The van der Waals surface area contributed by atoms with Gasteiger partial charge in [0.15, 0.2) is 23.0 Å². The molecule has 0 amide bonds. The maximum atomic E-state index is 6.51. The van der Waals surface area contributed by atoms with Crippen LogP contribution in [0.25, 0.3) is 0 Å². The number of hydrogen-bond donors (Lipinski definition) is 1. The maximum absolute atomic E-state index is 6.51. The van der Waals surface area contributed by atoms with Crippen LogP contribution in [-0.4, -0.2) is 53.3 Å². The molecule has 2 aromatic rings. The number of benzene rings is 2. The van der Waals surface area contributed by atoms with E-state index in [4.69, 9.17) is 34.2 Å². The molecule has 0 radical (unpaired) electrons. The summed E-state index contributed by atoms with van der Waals surface area (Å²) in [4.78, 5) is 2.28. The zero-order valence-electron chi connectivity index (χ0n) is 21.5. The molecule has 0 saturated carbocycles. The fourth-order valence-corrected chi connectivity index (χ4v) is 4.81. The van der Waals surface area contributed by atoms with Gasteiger partial charge in [0, 0.05) is 30.3 Å². The minimum absolute atomic E-state index is 0.0488. The highest BCUT2D eigenvalue weighted by Gasteiger charge is 2.36. The van der Waals surface area contributed by atoms with Crippen molar-refractivity contribution in [3.63, 3.8) is 0 Å². The van der Waals surface area contributed by atoms with Crippen molar-refractivity contribution in [3.8, 4) is 23.0 Å². The van der Waals surface area contributed by atoms with E-state index in [1.165, 1.54) is 0 Å². The predicted molar refractivity (Wildman–Crippen MR) is 139 cm³/mol. The van der Waals surface area contributed by atoms with Crippen molar-refractivity contribution in [2.45, 2.75) is 32.2 Å². The van der Waals surface area contributed by atoms with Crippen LogP contribution < -0.4 is 29.6 Å². The molecule has 0 aromatic heterocycles.